The SMILES string of the molecule is COC(=O)COC(C)(C)CCC/C(C)=C/Cc1c(C2CC(=O)c3c(cc(OC(=O)c4ccccc4)c(CCC(C)(C)OCC(=O)OC)c3OC(=O)c3ccccc3)O2)ccc2c1OCO2. The zero-order valence-corrected chi connectivity index (χ0v) is 37.9. The van der Waals surface area contributed by atoms with Gasteiger partial charge in [0, 0.05) is 22.8 Å². The molecule has 0 bridgehead atoms. The van der Waals surface area contributed by atoms with Crippen LogP contribution in [-0.2, 0) is 41.4 Å². The van der Waals surface area contributed by atoms with Gasteiger partial charge >= 0.3 is 23.9 Å². The maximum absolute atomic E-state index is 14.7. The molecule has 2 aliphatic heterocycles. The molecule has 65 heavy (non-hydrogen) atoms. The number of carbonyl (C=O) groups is 5. The smallest absolute Gasteiger partial charge is 0.343 e. The van der Waals surface area contributed by atoms with Crippen molar-refractivity contribution in [3.63, 3.8) is 0 Å². The average Bonchev–Trinajstić information content (AvgIpc) is 3.78. The van der Waals surface area contributed by atoms with E-state index in [4.69, 9.17) is 42.6 Å². The fraction of sp³-hybridized carbons (Fsp3) is 0.392. The number of benzene rings is 4. The third-order valence-electron chi connectivity index (χ3n) is 11.3. The van der Waals surface area contributed by atoms with Crippen molar-refractivity contribution in [1.29, 1.82) is 0 Å². The number of ether oxygens (including phenoxy) is 9. The van der Waals surface area contributed by atoms with Crippen LogP contribution in [0.5, 0.6) is 28.7 Å². The number of Topliss-reactive ketones (excluding diaryl/α,β-unsaturated/α-hetero) is 1. The molecule has 0 amide bonds. The normalized spacial score (nSPS) is 14.5. The summed E-state index contributed by atoms with van der Waals surface area (Å²) in [4.78, 5) is 65.9. The van der Waals surface area contributed by atoms with Crippen LogP contribution in [-0.4, -0.2) is 75.1 Å². The van der Waals surface area contributed by atoms with Crippen molar-refractivity contribution < 1.29 is 66.6 Å². The third-order valence-corrected chi connectivity index (χ3v) is 11.3. The Labute approximate surface area is 379 Å². The Hall–Kier alpha value is -6.51. The van der Waals surface area contributed by atoms with Gasteiger partial charge in [-0.3, -0.25) is 4.79 Å². The monoisotopic (exact) mass is 892 g/mol. The maximum Gasteiger partial charge on any atom is 0.343 e. The largest absolute Gasteiger partial charge is 0.484 e. The highest BCUT2D eigenvalue weighted by molar-refractivity contribution is 6.05. The molecular formula is C51H56O14. The summed E-state index contributed by atoms with van der Waals surface area (Å²) in [5.41, 5.74) is 1.90. The highest BCUT2D eigenvalue weighted by Crippen LogP contribution is 2.49. The second kappa shape index (κ2) is 21.4. The van der Waals surface area contributed by atoms with Crippen molar-refractivity contribution in [2.24, 2.45) is 0 Å². The minimum Gasteiger partial charge on any atom is -0.484 e. The molecule has 0 saturated carbocycles. The first-order valence-corrected chi connectivity index (χ1v) is 21.5. The van der Waals surface area contributed by atoms with Gasteiger partial charge in [0.05, 0.1) is 43.0 Å². The Morgan fingerprint density at radius 2 is 1.34 bits per heavy atom. The van der Waals surface area contributed by atoms with E-state index in [1.165, 1.54) is 20.3 Å². The van der Waals surface area contributed by atoms with E-state index in [1.54, 1.807) is 80.6 Å². The van der Waals surface area contributed by atoms with E-state index in [0.717, 1.165) is 24.0 Å². The molecule has 14 nitrogen and oxygen atoms in total. The number of allylic oxidation sites excluding steroid dienone is 2. The number of hydrogen-bond donors (Lipinski definition) is 0. The average molecular weight is 893 g/mol. The minimum atomic E-state index is -0.920. The topological polar surface area (TPSA) is 168 Å². The van der Waals surface area contributed by atoms with Gasteiger partial charge in [-0.2, -0.15) is 0 Å². The Balaban J connectivity index is 1.36. The lowest BCUT2D eigenvalue weighted by Gasteiger charge is -2.30. The Morgan fingerprint density at radius 1 is 0.738 bits per heavy atom. The Morgan fingerprint density at radius 3 is 1.95 bits per heavy atom. The highest BCUT2D eigenvalue weighted by atomic mass is 16.7. The predicted molar refractivity (Wildman–Crippen MR) is 238 cm³/mol. The number of hydrogen-bond acceptors (Lipinski definition) is 14. The second-order valence-electron chi connectivity index (χ2n) is 17.0. The summed E-state index contributed by atoms with van der Waals surface area (Å²) in [7, 11) is 2.59. The molecule has 0 aliphatic carbocycles. The van der Waals surface area contributed by atoms with Crippen LogP contribution in [0.1, 0.15) is 121 Å². The van der Waals surface area contributed by atoms with Gasteiger partial charge in [0.1, 0.15) is 36.4 Å². The van der Waals surface area contributed by atoms with Crippen molar-refractivity contribution in [2.75, 3.05) is 34.2 Å². The van der Waals surface area contributed by atoms with Crippen molar-refractivity contribution >= 4 is 29.7 Å². The zero-order valence-electron chi connectivity index (χ0n) is 37.9. The lowest BCUT2D eigenvalue weighted by atomic mass is 9.88. The zero-order chi connectivity index (χ0) is 46.7. The molecule has 344 valence electrons. The number of fused-ring (bicyclic) bond motifs is 2. The summed E-state index contributed by atoms with van der Waals surface area (Å²) < 4.78 is 51.9. The fourth-order valence-electron chi connectivity index (χ4n) is 7.47. The Kier molecular flexibility index (Phi) is 15.8. The molecule has 2 heterocycles. The summed E-state index contributed by atoms with van der Waals surface area (Å²) in [6, 6.07) is 21.8. The van der Waals surface area contributed by atoms with Crippen LogP contribution in [0.25, 0.3) is 0 Å². The van der Waals surface area contributed by atoms with Crippen molar-refractivity contribution in [1.82, 2.24) is 0 Å². The molecule has 0 spiro atoms. The van der Waals surface area contributed by atoms with Crippen molar-refractivity contribution in [3.05, 3.63) is 124 Å². The van der Waals surface area contributed by atoms with Gasteiger partial charge in [-0.05, 0) is 103 Å². The quantitative estimate of drug-likeness (QED) is 0.0468. The lowest BCUT2D eigenvalue weighted by Crippen LogP contribution is -2.29. The van der Waals surface area contributed by atoms with Crippen LogP contribution in [0, 0.1) is 0 Å². The van der Waals surface area contributed by atoms with Crippen LogP contribution in [0.15, 0.2) is 90.5 Å². The minimum absolute atomic E-state index is 0.00836. The van der Waals surface area contributed by atoms with Crippen molar-refractivity contribution in [2.45, 2.75) is 96.9 Å². The van der Waals surface area contributed by atoms with E-state index in [-0.39, 0.29) is 84.6 Å². The van der Waals surface area contributed by atoms with E-state index >= 15 is 0 Å². The fourth-order valence-corrected chi connectivity index (χ4v) is 7.47. The number of carbonyl (C=O) groups excluding carboxylic acids is 5. The summed E-state index contributed by atoms with van der Waals surface area (Å²) in [6.07, 6.45) is 4.19. The number of methoxy groups -OCH3 is 2. The molecule has 0 aromatic heterocycles. The molecule has 2 aliphatic rings. The van der Waals surface area contributed by atoms with Gasteiger partial charge in [0.25, 0.3) is 0 Å². The summed E-state index contributed by atoms with van der Waals surface area (Å²) in [5, 5.41) is 0. The van der Waals surface area contributed by atoms with Gasteiger partial charge in [-0.15, -0.1) is 0 Å². The van der Waals surface area contributed by atoms with E-state index < -0.39 is 41.2 Å². The number of ketones is 1. The van der Waals surface area contributed by atoms with Gasteiger partial charge in [-0.1, -0.05) is 54.1 Å². The standard InChI is InChI=1S/C51H56O14/c1-32(15-14-25-50(2,3)61-29-43(53)57-6)20-21-36-35(22-23-39-46(36)60-31-59-39)40-27-38(52)45-42(63-40)28-41(64-48(55)33-16-10-8-11-17-33)37(24-26-51(4,5)62-30-44(54)58-7)47(45)65-49(56)34-18-12-9-13-19-34/h8-13,16-20,22-23,28,40H,14-15,21,24-27,29-31H2,1-7H3/b32-20+. The molecule has 0 fully saturated rings. The molecule has 6 rings (SSSR count). The molecule has 4 aromatic rings. The summed E-state index contributed by atoms with van der Waals surface area (Å²) in [5.74, 6) is -1.73. The van der Waals surface area contributed by atoms with Gasteiger partial charge in [0.2, 0.25) is 6.79 Å². The summed E-state index contributed by atoms with van der Waals surface area (Å²) in [6.45, 7) is 9.09. The third kappa shape index (κ3) is 12.6. The van der Waals surface area contributed by atoms with Crippen LogP contribution in [0.4, 0.5) is 0 Å². The van der Waals surface area contributed by atoms with Crippen LogP contribution >= 0.6 is 0 Å². The van der Waals surface area contributed by atoms with E-state index in [1.807, 2.05) is 26.8 Å². The first kappa shape index (κ1) is 48.0. The maximum atomic E-state index is 14.7. The molecule has 0 N–H and O–H groups in total. The first-order chi connectivity index (χ1) is 31.1. The molecular weight excluding hydrogens is 837 g/mol. The Bertz CT molecular complexity index is 2400. The molecule has 1 unspecified atom stereocenters. The van der Waals surface area contributed by atoms with E-state index in [2.05, 4.69) is 6.08 Å². The van der Waals surface area contributed by atoms with Crippen molar-refractivity contribution in [3.8, 4) is 28.7 Å². The van der Waals surface area contributed by atoms with Crippen LogP contribution < -0.4 is 23.7 Å². The van der Waals surface area contributed by atoms with E-state index in [0.29, 0.717) is 29.9 Å². The lowest BCUT2D eigenvalue weighted by molar-refractivity contribution is -0.152. The highest BCUT2D eigenvalue weighted by Gasteiger charge is 2.38. The predicted octanol–water partition coefficient (Wildman–Crippen LogP) is 9.09. The molecule has 1 atom stereocenters. The van der Waals surface area contributed by atoms with E-state index in [9.17, 15) is 24.0 Å². The van der Waals surface area contributed by atoms with Gasteiger partial charge in [-0.25, -0.2) is 19.2 Å². The second-order valence-corrected chi connectivity index (χ2v) is 17.0. The van der Waals surface area contributed by atoms with Crippen LogP contribution in [0.2, 0.25) is 0 Å². The number of esters is 4. The van der Waals surface area contributed by atoms with Crippen LogP contribution in [0.3, 0.4) is 0 Å². The molecule has 0 radical (unpaired) electrons. The molecule has 14 heteroatoms. The molecule has 0 saturated heterocycles. The summed E-state index contributed by atoms with van der Waals surface area (Å²) >= 11 is 0. The van der Waals surface area contributed by atoms with Gasteiger partial charge < -0.3 is 42.6 Å². The first-order valence-electron chi connectivity index (χ1n) is 21.5. The molecule has 4 aromatic carbocycles. The van der Waals surface area contributed by atoms with Gasteiger partial charge in [0.15, 0.2) is 23.0 Å². The number of rotatable bonds is 20.